The summed E-state index contributed by atoms with van der Waals surface area (Å²) in [4.78, 5) is 30.3. The monoisotopic (exact) mass is 1020 g/mol. The highest BCUT2D eigenvalue weighted by molar-refractivity contribution is 6.90. The zero-order valence-electron chi connectivity index (χ0n) is 45.0. The first-order valence-corrected chi connectivity index (χ1v) is 30.4. The maximum Gasteiger partial charge on any atom is 0.429 e. The number of anilines is 1. The van der Waals surface area contributed by atoms with Crippen molar-refractivity contribution >= 4 is 50.0 Å². The van der Waals surface area contributed by atoms with Gasteiger partial charge in [-0.25, -0.2) is 27.4 Å². The van der Waals surface area contributed by atoms with E-state index in [0.29, 0.717) is 55.4 Å². The van der Waals surface area contributed by atoms with Crippen LogP contribution in [0, 0.1) is 23.1 Å². The summed E-state index contributed by atoms with van der Waals surface area (Å²) < 4.78 is 84.8. The quantitative estimate of drug-likeness (QED) is 0.0737. The van der Waals surface area contributed by atoms with E-state index in [-0.39, 0.29) is 92.4 Å². The summed E-state index contributed by atoms with van der Waals surface area (Å²) in [5, 5.41) is 4.37. The summed E-state index contributed by atoms with van der Waals surface area (Å²) >= 11 is 0. The van der Waals surface area contributed by atoms with Gasteiger partial charge in [-0.05, 0) is 116 Å². The zero-order chi connectivity index (χ0) is 52.2. The second-order valence-corrected chi connectivity index (χ2v) is 34.4. The van der Waals surface area contributed by atoms with E-state index in [9.17, 15) is 4.79 Å². The third kappa shape index (κ3) is 10.4. The molecule has 16 heteroatoms. The molecule has 0 bridgehead atoms. The minimum absolute atomic E-state index is 0.112. The van der Waals surface area contributed by atoms with Crippen LogP contribution in [0.4, 0.5) is 28.2 Å². The van der Waals surface area contributed by atoms with E-state index in [4.69, 9.17) is 28.9 Å². The number of hydrogen-bond donors (Lipinski definition) is 0. The fourth-order valence-corrected chi connectivity index (χ4v) is 23.2. The van der Waals surface area contributed by atoms with Crippen molar-refractivity contribution in [2.45, 2.75) is 193 Å². The first-order valence-electron chi connectivity index (χ1n) is 26.1. The molecule has 7 rings (SSSR count). The number of benzene rings is 2. The third-order valence-electron chi connectivity index (χ3n) is 15.8. The Morgan fingerprint density at radius 1 is 0.831 bits per heavy atom. The number of rotatable bonds is 13. The van der Waals surface area contributed by atoms with Crippen molar-refractivity contribution in [1.82, 2.24) is 24.9 Å². The lowest BCUT2D eigenvalue weighted by Crippen LogP contribution is -2.50. The van der Waals surface area contributed by atoms with Crippen LogP contribution in [0.2, 0.25) is 33.2 Å². The fraction of sp³-hybridized carbons (Fsp3) is 0.636. The Balaban J connectivity index is 1.52. The largest absolute Gasteiger partial charge is 0.543 e. The first kappa shape index (κ1) is 54.3. The number of fused-ring (bicyclic) bond motifs is 3. The molecule has 388 valence electrons. The van der Waals surface area contributed by atoms with Crippen molar-refractivity contribution in [2.24, 2.45) is 0 Å². The summed E-state index contributed by atoms with van der Waals surface area (Å²) in [7, 11) is -4.99. The Kier molecular flexibility index (Phi) is 15.6. The second-order valence-electron chi connectivity index (χ2n) is 23.4. The average molecular weight is 1020 g/mol. The van der Waals surface area contributed by atoms with Gasteiger partial charge in [0, 0.05) is 36.7 Å². The Bertz CT molecular complexity index is 2640. The Morgan fingerprint density at radius 3 is 2.10 bits per heavy atom. The van der Waals surface area contributed by atoms with E-state index >= 15 is 17.6 Å². The number of hydrogen-bond acceptors (Lipinski definition) is 9. The molecule has 3 aliphatic rings. The number of hydrazine groups is 1. The highest BCUT2D eigenvalue weighted by atomic mass is 28.4. The summed E-state index contributed by atoms with van der Waals surface area (Å²) in [5.74, 6) is -0.180. The summed E-state index contributed by atoms with van der Waals surface area (Å²) in [6, 6.07) is 6.60. The van der Waals surface area contributed by atoms with Crippen molar-refractivity contribution in [2.75, 3.05) is 37.8 Å². The molecule has 0 radical (unpaired) electrons. The molecule has 0 saturated carbocycles. The number of carbonyl (C=O) groups is 1. The van der Waals surface area contributed by atoms with Crippen LogP contribution in [0.25, 0.3) is 32.9 Å². The van der Waals surface area contributed by atoms with Gasteiger partial charge in [-0.15, -0.1) is 5.54 Å². The van der Waals surface area contributed by atoms with E-state index < -0.39 is 51.2 Å². The van der Waals surface area contributed by atoms with Crippen LogP contribution in [-0.2, 0) is 4.74 Å². The smallest absolute Gasteiger partial charge is 0.429 e. The van der Waals surface area contributed by atoms with E-state index in [1.165, 1.54) is 17.3 Å². The Labute approximate surface area is 422 Å². The molecule has 0 aliphatic carbocycles. The van der Waals surface area contributed by atoms with Gasteiger partial charge in [-0.3, -0.25) is 14.9 Å². The summed E-state index contributed by atoms with van der Waals surface area (Å²) in [6.07, 6.45) is 3.92. The van der Waals surface area contributed by atoms with Crippen molar-refractivity contribution in [1.29, 1.82) is 0 Å². The number of halogens is 4. The number of carbonyl (C=O) groups excluding carboxylic acids is 1. The molecule has 5 heterocycles. The molecule has 3 saturated heterocycles. The maximum atomic E-state index is 18.4. The molecule has 4 aromatic rings. The van der Waals surface area contributed by atoms with Gasteiger partial charge in [0.1, 0.15) is 43.1 Å². The number of amides is 1. The van der Waals surface area contributed by atoms with Crippen LogP contribution in [0.1, 0.15) is 148 Å². The summed E-state index contributed by atoms with van der Waals surface area (Å²) in [6.45, 7) is 32.4. The van der Waals surface area contributed by atoms with Crippen LogP contribution in [-0.4, -0.2) is 97.2 Å². The van der Waals surface area contributed by atoms with E-state index in [2.05, 4.69) is 94.5 Å². The molecule has 0 spiro atoms. The van der Waals surface area contributed by atoms with Gasteiger partial charge in [-0.2, -0.15) is 9.97 Å². The van der Waals surface area contributed by atoms with E-state index in [1.54, 1.807) is 42.8 Å². The molecule has 1 unspecified atom stereocenters. The SMILES string of the molecule is CC(C)[Si](C#Cc1c(F)ccc2cc(O[Si](C(C)C)(C(C)C)C(C)C)cc(-c3ncc4c(N5CCCCCN5C(=O)OC(C)(C)C)nc(OCC56CCCN5CC(F)(F)C6)nc4c3F)c12)(C(C)C)C(C)C. The number of aromatic nitrogens is 3. The van der Waals surface area contributed by atoms with Crippen LogP contribution in [0.5, 0.6) is 11.8 Å². The van der Waals surface area contributed by atoms with Crippen molar-refractivity contribution in [3.05, 3.63) is 47.7 Å². The number of ether oxygens (including phenoxy) is 2. The summed E-state index contributed by atoms with van der Waals surface area (Å²) in [5.41, 5.74) is 3.59. The van der Waals surface area contributed by atoms with Gasteiger partial charge in [0.05, 0.1) is 23.0 Å². The van der Waals surface area contributed by atoms with Gasteiger partial charge in [-0.1, -0.05) is 95.1 Å². The molecule has 71 heavy (non-hydrogen) atoms. The molecule has 10 nitrogen and oxygen atoms in total. The zero-order valence-corrected chi connectivity index (χ0v) is 47.0. The molecule has 2 aromatic carbocycles. The standard InChI is InChI=1S/C55H78F4N6O4Si2/c1-34(2)70(35(3)4,36(5)6)27-22-42-45(56)21-20-40-28-41(69-71(37(7)8,38(9)10)39(11)12)29-43(46(40)42)48-47(57)49-44(30-60-48)50(64-25-17-16-18-26-65(64)52(66)68-53(13,14)15)62-51(61-49)67-33-54-23-19-24-63(54)32-55(58,59)31-54/h20-21,28-30,34-39H,16-19,23-26,31-33H2,1-15H3. The van der Waals surface area contributed by atoms with Crippen LogP contribution >= 0.6 is 0 Å². The van der Waals surface area contributed by atoms with E-state index in [0.717, 1.165) is 12.8 Å². The number of pyridine rings is 1. The predicted molar refractivity (Wildman–Crippen MR) is 283 cm³/mol. The number of alkyl halides is 2. The number of nitrogens with zero attached hydrogens (tertiary/aromatic N) is 6. The molecule has 2 aromatic heterocycles. The third-order valence-corrected chi connectivity index (χ3v) is 28.1. The van der Waals surface area contributed by atoms with Crippen LogP contribution < -0.4 is 14.2 Å². The maximum absolute atomic E-state index is 18.4. The lowest BCUT2D eigenvalue weighted by atomic mass is 9.94. The molecular formula is C55H78F4N6O4Si2. The molecular weight excluding hydrogens is 941 g/mol. The lowest BCUT2D eigenvalue weighted by molar-refractivity contribution is 0.00801. The van der Waals surface area contributed by atoms with Gasteiger partial charge < -0.3 is 13.9 Å². The van der Waals surface area contributed by atoms with Crippen molar-refractivity contribution < 1.29 is 36.3 Å². The van der Waals surface area contributed by atoms with Gasteiger partial charge >= 0.3 is 12.1 Å². The Morgan fingerprint density at radius 2 is 1.48 bits per heavy atom. The molecule has 0 N–H and O–H groups in total. The lowest BCUT2D eigenvalue weighted by Gasteiger charge is -2.42. The molecule has 3 aliphatic heterocycles. The normalized spacial score (nSPS) is 19.2. The van der Waals surface area contributed by atoms with Crippen molar-refractivity contribution in [3.63, 3.8) is 0 Å². The molecule has 3 fully saturated rings. The van der Waals surface area contributed by atoms with Gasteiger partial charge in [0.15, 0.2) is 11.6 Å². The highest BCUT2D eigenvalue weighted by Crippen LogP contribution is 2.48. The van der Waals surface area contributed by atoms with Crippen LogP contribution in [0.3, 0.4) is 0 Å². The second kappa shape index (κ2) is 20.4. The van der Waals surface area contributed by atoms with Crippen molar-refractivity contribution in [3.8, 4) is 34.5 Å². The van der Waals surface area contributed by atoms with Gasteiger partial charge in [0.25, 0.3) is 14.2 Å². The topological polar surface area (TPSA) is 93.2 Å². The minimum Gasteiger partial charge on any atom is -0.543 e. The average Bonchev–Trinajstić information content (AvgIpc) is 3.62. The van der Waals surface area contributed by atoms with E-state index in [1.807, 2.05) is 6.07 Å². The highest BCUT2D eigenvalue weighted by Gasteiger charge is 2.57. The predicted octanol–water partition coefficient (Wildman–Crippen LogP) is 14.6. The van der Waals surface area contributed by atoms with Crippen LogP contribution in [0.15, 0.2) is 30.5 Å². The molecule has 1 amide bonds. The van der Waals surface area contributed by atoms with Gasteiger partial charge in [0.2, 0.25) is 0 Å². The molecule has 1 atom stereocenters. The fourth-order valence-electron chi connectivity index (χ4n) is 12.8. The Hall–Kier alpha value is -4.47. The first-order chi connectivity index (χ1) is 33.2. The minimum atomic E-state index is -2.89.